The van der Waals surface area contributed by atoms with Gasteiger partial charge in [-0.15, -0.1) is 5.10 Å². The molecule has 0 saturated heterocycles. The molecule has 0 atom stereocenters. The molecular weight excluding hydrogens is 164 g/mol. The van der Waals surface area contributed by atoms with Crippen molar-refractivity contribution in [3.63, 3.8) is 0 Å². The minimum atomic E-state index is 0.405. The van der Waals surface area contributed by atoms with Gasteiger partial charge in [-0.1, -0.05) is 11.6 Å². The van der Waals surface area contributed by atoms with Crippen LogP contribution in [0.4, 0.5) is 0 Å². The zero-order valence-corrected chi connectivity index (χ0v) is 7.22. The smallest absolute Gasteiger partial charge is 0.152 e. The summed E-state index contributed by atoms with van der Waals surface area (Å²) in [6, 6.07) is 1.76. The Bertz CT molecular complexity index is 252. The average molecular weight is 173 g/mol. The molecule has 1 rings (SSSR count). The van der Waals surface area contributed by atoms with E-state index in [9.17, 15) is 0 Å². The monoisotopic (exact) mass is 172 g/mol. The molecule has 4 heteroatoms. The van der Waals surface area contributed by atoms with Crippen LogP contribution < -0.4 is 0 Å². The molecule has 0 radical (unpaired) electrons. The van der Waals surface area contributed by atoms with Gasteiger partial charge in [-0.3, -0.25) is 0 Å². The number of nitrogens with zero attached hydrogens (tertiary/aromatic N) is 2. The molecule has 0 aliphatic carbocycles. The highest BCUT2D eigenvalue weighted by Crippen LogP contribution is 2.10. The van der Waals surface area contributed by atoms with Crippen molar-refractivity contribution in [2.75, 3.05) is 7.11 Å². The maximum Gasteiger partial charge on any atom is 0.152 e. The molecule has 0 unspecified atom stereocenters. The summed E-state index contributed by atoms with van der Waals surface area (Å²) in [5.74, 6) is 0. The largest absolute Gasteiger partial charge is 0.380 e. The minimum Gasteiger partial charge on any atom is -0.380 e. The number of hydrogen-bond acceptors (Lipinski definition) is 3. The van der Waals surface area contributed by atoms with Crippen molar-refractivity contribution in [3.8, 4) is 0 Å². The fraction of sp³-hybridized carbons (Fsp3) is 0.429. The first-order valence-electron chi connectivity index (χ1n) is 3.21. The van der Waals surface area contributed by atoms with Crippen LogP contribution in [0.15, 0.2) is 6.07 Å². The van der Waals surface area contributed by atoms with Gasteiger partial charge in [0.2, 0.25) is 0 Å². The Hall–Kier alpha value is -0.670. The standard InChI is InChI=1S/C7H9ClN2O/c1-5-6(4-11-2)3-7(8)10-9-5/h3H,4H2,1-2H3. The van der Waals surface area contributed by atoms with E-state index in [1.807, 2.05) is 6.92 Å². The lowest BCUT2D eigenvalue weighted by molar-refractivity contribution is 0.184. The predicted molar refractivity (Wildman–Crippen MR) is 42.5 cm³/mol. The minimum absolute atomic E-state index is 0.405. The number of hydrogen-bond donors (Lipinski definition) is 0. The van der Waals surface area contributed by atoms with Crippen LogP contribution >= 0.6 is 11.6 Å². The molecule has 11 heavy (non-hydrogen) atoms. The average Bonchev–Trinajstić information content (AvgIpc) is 1.98. The van der Waals surface area contributed by atoms with Gasteiger partial charge in [-0.2, -0.15) is 5.10 Å². The number of aryl methyl sites for hydroxylation is 1. The van der Waals surface area contributed by atoms with E-state index in [1.54, 1.807) is 13.2 Å². The molecule has 0 fully saturated rings. The van der Waals surface area contributed by atoms with E-state index in [-0.39, 0.29) is 0 Å². The second-order valence-electron chi connectivity index (χ2n) is 2.21. The Morgan fingerprint density at radius 1 is 1.55 bits per heavy atom. The lowest BCUT2D eigenvalue weighted by atomic mass is 10.2. The summed E-state index contributed by atoms with van der Waals surface area (Å²) in [5, 5.41) is 7.92. The fourth-order valence-corrected chi connectivity index (χ4v) is 0.935. The van der Waals surface area contributed by atoms with Crippen LogP contribution in [0, 0.1) is 6.92 Å². The second kappa shape index (κ2) is 3.64. The highest BCUT2D eigenvalue weighted by molar-refractivity contribution is 6.29. The molecule has 60 valence electrons. The van der Waals surface area contributed by atoms with Gasteiger partial charge in [0.1, 0.15) is 0 Å². The van der Waals surface area contributed by atoms with Gasteiger partial charge in [0.15, 0.2) is 5.15 Å². The number of halogens is 1. The van der Waals surface area contributed by atoms with Crippen LogP contribution in [0.5, 0.6) is 0 Å². The summed E-state index contributed by atoms with van der Waals surface area (Å²) >= 11 is 5.62. The third-order valence-electron chi connectivity index (χ3n) is 1.35. The summed E-state index contributed by atoms with van der Waals surface area (Å²) in [4.78, 5) is 0. The van der Waals surface area contributed by atoms with E-state index in [2.05, 4.69) is 10.2 Å². The van der Waals surface area contributed by atoms with Gasteiger partial charge in [-0.25, -0.2) is 0 Å². The quantitative estimate of drug-likeness (QED) is 0.680. The van der Waals surface area contributed by atoms with Gasteiger partial charge in [0.05, 0.1) is 12.3 Å². The van der Waals surface area contributed by atoms with E-state index < -0.39 is 0 Å². The summed E-state index contributed by atoms with van der Waals surface area (Å²) in [6.07, 6.45) is 0. The molecule has 1 heterocycles. The lowest BCUT2D eigenvalue weighted by Gasteiger charge is -2.01. The van der Waals surface area contributed by atoms with E-state index in [1.165, 1.54) is 0 Å². The molecule has 0 saturated carbocycles. The SMILES string of the molecule is COCc1cc(Cl)nnc1C. The van der Waals surface area contributed by atoms with Gasteiger partial charge in [0.25, 0.3) is 0 Å². The molecule has 0 N–H and O–H groups in total. The first-order valence-corrected chi connectivity index (χ1v) is 3.59. The van der Waals surface area contributed by atoms with Crippen LogP contribution in [0.3, 0.4) is 0 Å². The van der Waals surface area contributed by atoms with E-state index in [0.717, 1.165) is 11.3 Å². The molecule has 0 aromatic carbocycles. The normalized spacial score (nSPS) is 10.1. The van der Waals surface area contributed by atoms with Crippen molar-refractivity contribution in [1.82, 2.24) is 10.2 Å². The molecule has 1 aromatic rings. The first kappa shape index (κ1) is 8.43. The van der Waals surface area contributed by atoms with Gasteiger partial charge in [0, 0.05) is 12.7 Å². The van der Waals surface area contributed by atoms with Crippen molar-refractivity contribution in [1.29, 1.82) is 0 Å². The fourth-order valence-electron chi connectivity index (χ4n) is 0.766. The number of rotatable bonds is 2. The molecule has 0 spiro atoms. The summed E-state index contributed by atoms with van der Waals surface area (Å²) in [7, 11) is 1.63. The van der Waals surface area contributed by atoms with Crippen LogP contribution in [0.25, 0.3) is 0 Å². The Morgan fingerprint density at radius 2 is 2.27 bits per heavy atom. The predicted octanol–water partition coefficient (Wildman–Crippen LogP) is 1.58. The Balaban J connectivity index is 2.93. The number of aromatic nitrogens is 2. The number of methoxy groups -OCH3 is 1. The van der Waals surface area contributed by atoms with E-state index >= 15 is 0 Å². The third-order valence-corrected chi connectivity index (χ3v) is 1.54. The maximum absolute atomic E-state index is 5.62. The third kappa shape index (κ3) is 2.13. The van der Waals surface area contributed by atoms with Crippen molar-refractivity contribution in [3.05, 3.63) is 22.5 Å². The van der Waals surface area contributed by atoms with E-state index in [0.29, 0.717) is 11.8 Å². The van der Waals surface area contributed by atoms with Crippen LogP contribution in [-0.2, 0) is 11.3 Å². The first-order chi connectivity index (χ1) is 5.24. The topological polar surface area (TPSA) is 35.0 Å². The van der Waals surface area contributed by atoms with Gasteiger partial charge < -0.3 is 4.74 Å². The molecule has 1 aromatic heterocycles. The molecule has 0 aliphatic heterocycles. The zero-order chi connectivity index (χ0) is 8.27. The maximum atomic E-state index is 5.62. The van der Waals surface area contributed by atoms with Gasteiger partial charge in [-0.05, 0) is 13.0 Å². The summed E-state index contributed by atoms with van der Waals surface area (Å²) < 4.78 is 4.94. The van der Waals surface area contributed by atoms with Crippen LogP contribution in [0.2, 0.25) is 5.15 Å². The Morgan fingerprint density at radius 3 is 2.91 bits per heavy atom. The highest BCUT2D eigenvalue weighted by atomic mass is 35.5. The van der Waals surface area contributed by atoms with Crippen LogP contribution in [0.1, 0.15) is 11.3 Å². The van der Waals surface area contributed by atoms with Crippen molar-refractivity contribution >= 4 is 11.6 Å². The highest BCUT2D eigenvalue weighted by Gasteiger charge is 2.00. The van der Waals surface area contributed by atoms with Crippen LogP contribution in [-0.4, -0.2) is 17.3 Å². The summed E-state index contributed by atoms with van der Waals surface area (Å²) in [5.41, 5.74) is 1.84. The second-order valence-corrected chi connectivity index (χ2v) is 2.60. The molecule has 3 nitrogen and oxygen atoms in total. The van der Waals surface area contributed by atoms with Crippen molar-refractivity contribution in [2.45, 2.75) is 13.5 Å². The Kier molecular flexibility index (Phi) is 2.79. The summed E-state index contributed by atoms with van der Waals surface area (Å²) in [6.45, 7) is 2.40. The van der Waals surface area contributed by atoms with Gasteiger partial charge >= 0.3 is 0 Å². The van der Waals surface area contributed by atoms with Crippen molar-refractivity contribution < 1.29 is 4.74 Å². The lowest BCUT2D eigenvalue weighted by Crippen LogP contribution is -1.96. The van der Waals surface area contributed by atoms with Crippen molar-refractivity contribution in [2.24, 2.45) is 0 Å². The van der Waals surface area contributed by atoms with E-state index in [4.69, 9.17) is 16.3 Å². The number of ether oxygens (including phenoxy) is 1. The molecule has 0 bridgehead atoms. The zero-order valence-electron chi connectivity index (χ0n) is 6.47. The Labute approximate surface area is 70.4 Å². The molecule has 0 amide bonds. The molecule has 0 aliphatic rings. The molecular formula is C7H9ClN2O.